The molecule has 0 fully saturated rings. The molecule has 2 amide bonds. The van der Waals surface area contributed by atoms with Gasteiger partial charge in [-0.05, 0) is 49.6 Å². The van der Waals surface area contributed by atoms with Crippen LogP contribution in [0.5, 0.6) is 5.75 Å². The summed E-state index contributed by atoms with van der Waals surface area (Å²) in [5.41, 5.74) is 0.687. The first-order valence-corrected chi connectivity index (χ1v) is 11.3. The van der Waals surface area contributed by atoms with E-state index < -0.39 is 6.04 Å². The van der Waals surface area contributed by atoms with Crippen LogP contribution in [0, 0.1) is 0 Å². The van der Waals surface area contributed by atoms with E-state index in [0.717, 1.165) is 6.42 Å². The Bertz CT molecular complexity index is 907. The molecule has 0 radical (unpaired) electrons. The van der Waals surface area contributed by atoms with Crippen molar-refractivity contribution in [1.29, 1.82) is 0 Å². The number of hydrogen-bond acceptors (Lipinski definition) is 3. The Balaban J connectivity index is 2.27. The lowest BCUT2D eigenvalue weighted by atomic mass is 10.1. The van der Waals surface area contributed by atoms with Gasteiger partial charge in [0.2, 0.25) is 5.91 Å². The van der Waals surface area contributed by atoms with Gasteiger partial charge in [-0.3, -0.25) is 9.59 Å². The zero-order chi connectivity index (χ0) is 23.0. The van der Waals surface area contributed by atoms with E-state index in [1.807, 2.05) is 20.8 Å². The van der Waals surface area contributed by atoms with Crippen LogP contribution >= 0.6 is 34.8 Å². The molecule has 2 atom stereocenters. The first kappa shape index (κ1) is 25.3. The maximum Gasteiger partial charge on any atom is 0.261 e. The van der Waals surface area contributed by atoms with Gasteiger partial charge in [0.25, 0.3) is 5.91 Å². The number of carbonyl (C=O) groups is 2. The number of carbonyl (C=O) groups excluding carboxylic acids is 2. The number of ether oxygens (including phenoxy) is 1. The van der Waals surface area contributed by atoms with Crippen LogP contribution in [0.4, 0.5) is 0 Å². The van der Waals surface area contributed by atoms with Gasteiger partial charge in [0.15, 0.2) is 6.61 Å². The first-order chi connectivity index (χ1) is 14.8. The smallest absolute Gasteiger partial charge is 0.261 e. The number of halogens is 3. The summed E-state index contributed by atoms with van der Waals surface area (Å²) < 4.78 is 5.63. The number of para-hydroxylation sites is 1. The van der Waals surface area contributed by atoms with Gasteiger partial charge in [0.1, 0.15) is 11.8 Å². The Morgan fingerprint density at radius 1 is 1.03 bits per heavy atom. The predicted molar refractivity (Wildman–Crippen MR) is 126 cm³/mol. The summed E-state index contributed by atoms with van der Waals surface area (Å²) in [5.74, 6) is -0.163. The summed E-state index contributed by atoms with van der Waals surface area (Å²) in [6, 6.07) is 11.3. The van der Waals surface area contributed by atoms with Crippen molar-refractivity contribution in [3.05, 3.63) is 63.1 Å². The fraction of sp³-hybridized carbons (Fsp3) is 0.391. The van der Waals surface area contributed by atoms with E-state index >= 15 is 0 Å². The average molecular weight is 486 g/mol. The maximum atomic E-state index is 13.2. The molecule has 0 aliphatic rings. The molecule has 2 aromatic carbocycles. The average Bonchev–Trinajstić information content (AvgIpc) is 2.74. The monoisotopic (exact) mass is 484 g/mol. The van der Waals surface area contributed by atoms with Crippen molar-refractivity contribution >= 4 is 46.6 Å². The van der Waals surface area contributed by atoms with Gasteiger partial charge in [-0.25, -0.2) is 0 Å². The molecule has 2 aromatic rings. The molecule has 8 heteroatoms. The van der Waals surface area contributed by atoms with Crippen molar-refractivity contribution in [3.8, 4) is 5.75 Å². The van der Waals surface area contributed by atoms with E-state index in [0.29, 0.717) is 32.8 Å². The van der Waals surface area contributed by atoms with Crippen molar-refractivity contribution in [2.75, 3.05) is 6.61 Å². The third kappa shape index (κ3) is 7.30. The van der Waals surface area contributed by atoms with Crippen LogP contribution in [0.2, 0.25) is 15.1 Å². The second kappa shape index (κ2) is 12.2. The summed E-state index contributed by atoms with van der Waals surface area (Å²) in [4.78, 5) is 27.6. The lowest BCUT2D eigenvalue weighted by Crippen LogP contribution is -2.51. The van der Waals surface area contributed by atoms with E-state index in [4.69, 9.17) is 39.5 Å². The molecule has 2 unspecified atom stereocenters. The summed E-state index contributed by atoms with van der Waals surface area (Å²) in [7, 11) is 0. The third-order valence-electron chi connectivity index (χ3n) is 4.93. The Morgan fingerprint density at radius 3 is 2.35 bits per heavy atom. The Kier molecular flexibility index (Phi) is 9.94. The normalized spacial score (nSPS) is 12.7. The molecular formula is C23H27Cl3N2O3. The van der Waals surface area contributed by atoms with E-state index in [1.165, 1.54) is 4.90 Å². The quantitative estimate of drug-likeness (QED) is 0.466. The highest BCUT2D eigenvalue weighted by molar-refractivity contribution is 6.35. The molecule has 0 aliphatic carbocycles. The molecule has 0 heterocycles. The third-order valence-corrected chi connectivity index (χ3v) is 5.83. The van der Waals surface area contributed by atoms with Crippen molar-refractivity contribution < 1.29 is 14.3 Å². The van der Waals surface area contributed by atoms with Crippen molar-refractivity contribution in [2.45, 2.75) is 52.2 Å². The zero-order valence-electron chi connectivity index (χ0n) is 17.8. The Labute approximate surface area is 198 Å². The Hall–Kier alpha value is -1.95. The van der Waals surface area contributed by atoms with E-state index in [2.05, 4.69) is 5.32 Å². The van der Waals surface area contributed by atoms with Gasteiger partial charge in [0.05, 0.1) is 5.02 Å². The standard InChI is InChI=1S/C23H27Cl3N2O3/c1-4-15(3)27-23(30)20(5-2)28(13-16-10-11-17(24)12-19(16)26)22(29)14-31-21-9-7-6-8-18(21)25/h6-12,15,20H,4-5,13-14H2,1-3H3,(H,27,30). The fourth-order valence-electron chi connectivity index (χ4n) is 2.98. The van der Waals surface area contributed by atoms with Crippen LogP contribution in [0.1, 0.15) is 39.2 Å². The van der Waals surface area contributed by atoms with Crippen molar-refractivity contribution in [2.24, 2.45) is 0 Å². The van der Waals surface area contributed by atoms with Crippen LogP contribution in [0.15, 0.2) is 42.5 Å². The first-order valence-electron chi connectivity index (χ1n) is 10.2. The van der Waals surface area contributed by atoms with Gasteiger partial charge < -0.3 is 15.0 Å². The summed E-state index contributed by atoms with van der Waals surface area (Å²) >= 11 is 18.5. The minimum atomic E-state index is -0.678. The van der Waals surface area contributed by atoms with Crippen LogP contribution in [0.25, 0.3) is 0 Å². The van der Waals surface area contributed by atoms with Crippen LogP contribution in [-0.2, 0) is 16.1 Å². The number of benzene rings is 2. The molecule has 31 heavy (non-hydrogen) atoms. The van der Waals surface area contributed by atoms with E-state index in [9.17, 15) is 9.59 Å². The Morgan fingerprint density at radius 2 is 1.74 bits per heavy atom. The number of rotatable bonds is 10. The van der Waals surface area contributed by atoms with E-state index in [1.54, 1.807) is 42.5 Å². The molecule has 0 aromatic heterocycles. The van der Waals surface area contributed by atoms with Crippen LogP contribution in [-0.4, -0.2) is 35.4 Å². The highest BCUT2D eigenvalue weighted by Gasteiger charge is 2.30. The van der Waals surface area contributed by atoms with E-state index in [-0.39, 0.29) is 31.0 Å². The molecule has 2 rings (SSSR count). The highest BCUT2D eigenvalue weighted by atomic mass is 35.5. The van der Waals surface area contributed by atoms with Crippen LogP contribution in [0.3, 0.4) is 0 Å². The molecule has 0 saturated carbocycles. The topological polar surface area (TPSA) is 58.6 Å². The molecule has 5 nitrogen and oxygen atoms in total. The molecular weight excluding hydrogens is 459 g/mol. The van der Waals surface area contributed by atoms with Crippen molar-refractivity contribution in [1.82, 2.24) is 10.2 Å². The van der Waals surface area contributed by atoms with Gasteiger partial charge >= 0.3 is 0 Å². The molecule has 0 bridgehead atoms. The molecule has 0 aliphatic heterocycles. The zero-order valence-corrected chi connectivity index (χ0v) is 20.1. The largest absolute Gasteiger partial charge is 0.482 e. The second-order valence-corrected chi connectivity index (χ2v) is 8.47. The minimum absolute atomic E-state index is 0.00278. The molecule has 0 saturated heterocycles. The lowest BCUT2D eigenvalue weighted by molar-refractivity contribution is -0.143. The molecule has 1 N–H and O–H groups in total. The van der Waals surface area contributed by atoms with Gasteiger partial charge in [-0.15, -0.1) is 0 Å². The highest BCUT2D eigenvalue weighted by Crippen LogP contribution is 2.25. The summed E-state index contributed by atoms with van der Waals surface area (Å²) in [5, 5.41) is 4.29. The van der Waals surface area contributed by atoms with Crippen LogP contribution < -0.4 is 10.1 Å². The number of nitrogens with one attached hydrogen (secondary N) is 1. The fourth-order valence-corrected chi connectivity index (χ4v) is 3.64. The van der Waals surface area contributed by atoms with Gasteiger partial charge in [0, 0.05) is 22.6 Å². The lowest BCUT2D eigenvalue weighted by Gasteiger charge is -2.31. The number of amides is 2. The maximum absolute atomic E-state index is 13.2. The number of nitrogens with zero attached hydrogens (tertiary/aromatic N) is 1. The molecule has 0 spiro atoms. The van der Waals surface area contributed by atoms with Gasteiger partial charge in [-0.2, -0.15) is 0 Å². The molecule has 168 valence electrons. The second-order valence-electron chi connectivity index (χ2n) is 7.22. The SMILES string of the molecule is CCC(C)NC(=O)C(CC)N(Cc1ccc(Cl)cc1Cl)C(=O)COc1ccccc1Cl. The summed E-state index contributed by atoms with van der Waals surface area (Å²) in [6.07, 6.45) is 1.22. The van der Waals surface area contributed by atoms with Crippen molar-refractivity contribution in [3.63, 3.8) is 0 Å². The summed E-state index contributed by atoms with van der Waals surface area (Å²) in [6.45, 7) is 5.65. The predicted octanol–water partition coefficient (Wildman–Crippen LogP) is 5.75. The van der Waals surface area contributed by atoms with Gasteiger partial charge in [-0.1, -0.05) is 66.8 Å². The minimum Gasteiger partial charge on any atom is -0.482 e. The number of hydrogen-bond donors (Lipinski definition) is 1.